The summed E-state index contributed by atoms with van der Waals surface area (Å²) in [6.07, 6.45) is 1.16. The van der Waals surface area contributed by atoms with Crippen molar-refractivity contribution in [3.8, 4) is 5.75 Å². The Labute approximate surface area is 180 Å². The van der Waals surface area contributed by atoms with Gasteiger partial charge in [0, 0.05) is 11.5 Å². The number of hydrogen-bond acceptors (Lipinski definition) is 4. The van der Waals surface area contributed by atoms with E-state index in [0.29, 0.717) is 0 Å². The van der Waals surface area contributed by atoms with Crippen LogP contribution in [0.5, 0.6) is 5.75 Å². The first-order valence-corrected chi connectivity index (χ1v) is 10.2. The number of hydrogen-bond donors (Lipinski definition) is 1. The smallest absolute Gasteiger partial charge is 0.330 e. The van der Waals surface area contributed by atoms with Gasteiger partial charge < -0.3 is 14.6 Å². The van der Waals surface area contributed by atoms with E-state index in [1.807, 2.05) is 39.8 Å². The summed E-state index contributed by atoms with van der Waals surface area (Å²) in [5, 5.41) is 9.59. The second kappa shape index (κ2) is 8.65. The van der Waals surface area contributed by atoms with Crippen LogP contribution in [0, 0.1) is 6.92 Å². The molecule has 0 bridgehead atoms. The minimum atomic E-state index is -0.753. The summed E-state index contributed by atoms with van der Waals surface area (Å²) in [5.74, 6) is -0.194. The quantitative estimate of drug-likeness (QED) is 0.442. The lowest BCUT2D eigenvalue weighted by atomic mass is 9.76. The molecule has 0 aliphatic rings. The van der Waals surface area contributed by atoms with Crippen molar-refractivity contribution in [3.63, 3.8) is 0 Å². The van der Waals surface area contributed by atoms with Crippen molar-refractivity contribution in [2.45, 2.75) is 65.1 Å². The number of carbonyl (C=O) groups excluding carboxylic acids is 1. The molecular formula is C26H34O4. The molecule has 0 saturated carbocycles. The second-order valence-corrected chi connectivity index (χ2v) is 9.39. The van der Waals surface area contributed by atoms with Crippen LogP contribution in [0.1, 0.15) is 63.8 Å². The first-order chi connectivity index (χ1) is 13.8. The molecule has 0 heterocycles. The van der Waals surface area contributed by atoms with Gasteiger partial charge in [0.1, 0.15) is 11.4 Å². The second-order valence-electron chi connectivity index (χ2n) is 9.39. The van der Waals surface area contributed by atoms with Gasteiger partial charge in [0.05, 0.1) is 12.2 Å². The molecule has 4 nitrogen and oxygen atoms in total. The van der Waals surface area contributed by atoms with Crippen molar-refractivity contribution in [1.82, 2.24) is 0 Å². The lowest BCUT2D eigenvalue weighted by molar-refractivity contribution is -0.163. The molecule has 0 atom stereocenters. The Bertz CT molecular complexity index is 905. The zero-order valence-electron chi connectivity index (χ0n) is 19.2. The van der Waals surface area contributed by atoms with Crippen LogP contribution in [-0.2, 0) is 25.3 Å². The maximum absolute atomic E-state index is 11.5. The molecule has 0 aromatic heterocycles. The Kier molecular flexibility index (Phi) is 6.83. The zero-order chi connectivity index (χ0) is 22.7. The molecular weight excluding hydrogens is 376 g/mol. The Morgan fingerprint density at radius 1 is 1.00 bits per heavy atom. The minimum Gasteiger partial charge on any atom is -0.508 e. The largest absolute Gasteiger partial charge is 0.508 e. The lowest BCUT2D eigenvalue weighted by Crippen LogP contribution is -2.37. The molecule has 2 rings (SSSR count). The van der Waals surface area contributed by atoms with Crippen LogP contribution in [0.15, 0.2) is 55.1 Å². The van der Waals surface area contributed by atoms with Gasteiger partial charge in [-0.15, -0.1) is 0 Å². The van der Waals surface area contributed by atoms with E-state index < -0.39 is 17.2 Å². The maximum atomic E-state index is 11.5. The van der Waals surface area contributed by atoms with Gasteiger partial charge in [0.2, 0.25) is 0 Å². The van der Waals surface area contributed by atoms with E-state index in [2.05, 4.69) is 45.5 Å². The van der Waals surface area contributed by atoms with Gasteiger partial charge in [-0.05, 0) is 69.0 Å². The van der Waals surface area contributed by atoms with Gasteiger partial charge >= 0.3 is 5.97 Å². The summed E-state index contributed by atoms with van der Waals surface area (Å²) in [6.45, 7) is 17.8. The van der Waals surface area contributed by atoms with Crippen molar-refractivity contribution in [3.05, 3.63) is 77.4 Å². The first kappa shape index (κ1) is 23.7. The number of aromatic hydroxyl groups is 1. The summed E-state index contributed by atoms with van der Waals surface area (Å²) in [6, 6.07) is 13.8. The van der Waals surface area contributed by atoms with Crippen LogP contribution in [0.3, 0.4) is 0 Å². The Hall–Kier alpha value is -2.59. The van der Waals surface area contributed by atoms with Crippen LogP contribution < -0.4 is 0 Å². The van der Waals surface area contributed by atoms with E-state index in [1.54, 1.807) is 12.1 Å². The lowest BCUT2D eigenvalue weighted by Gasteiger charge is -2.34. The van der Waals surface area contributed by atoms with E-state index in [9.17, 15) is 9.90 Å². The molecule has 0 aliphatic carbocycles. The summed E-state index contributed by atoms with van der Waals surface area (Å²) in [7, 11) is 0. The summed E-state index contributed by atoms with van der Waals surface area (Å²) < 4.78 is 11.6. The van der Waals surface area contributed by atoms with E-state index in [-0.39, 0.29) is 17.8 Å². The number of carbonyl (C=O) groups is 1. The van der Waals surface area contributed by atoms with Crippen molar-refractivity contribution in [1.29, 1.82) is 0 Å². The molecule has 0 radical (unpaired) electrons. The topological polar surface area (TPSA) is 55.8 Å². The van der Waals surface area contributed by atoms with Gasteiger partial charge in [0.15, 0.2) is 0 Å². The molecule has 0 saturated heterocycles. The molecule has 0 amide bonds. The average molecular weight is 411 g/mol. The highest BCUT2D eigenvalue weighted by Gasteiger charge is 2.31. The Morgan fingerprint density at radius 3 is 2.10 bits per heavy atom. The van der Waals surface area contributed by atoms with E-state index in [0.717, 1.165) is 22.8 Å². The van der Waals surface area contributed by atoms with E-state index in [1.165, 1.54) is 5.56 Å². The fourth-order valence-electron chi connectivity index (χ4n) is 3.55. The monoisotopic (exact) mass is 410 g/mol. The molecule has 0 unspecified atom stereocenters. The molecule has 4 heteroatoms. The van der Waals surface area contributed by atoms with E-state index >= 15 is 0 Å². The minimum absolute atomic E-state index is 0.205. The Morgan fingerprint density at radius 2 is 1.57 bits per heavy atom. The van der Waals surface area contributed by atoms with Crippen molar-refractivity contribution in [2.75, 3.05) is 6.61 Å². The molecule has 162 valence electrons. The van der Waals surface area contributed by atoms with Crippen molar-refractivity contribution < 1.29 is 19.4 Å². The number of rotatable bonds is 8. The normalized spacial score (nSPS) is 12.5. The number of ether oxygens (including phenoxy) is 2. The number of esters is 1. The molecule has 0 spiro atoms. The predicted octanol–water partition coefficient (Wildman–Crippen LogP) is 5.79. The molecule has 1 N–H and O–H groups in total. The fraction of sp³-hybridized carbons (Fsp3) is 0.423. The first-order valence-electron chi connectivity index (χ1n) is 10.2. The van der Waals surface area contributed by atoms with Crippen molar-refractivity contribution in [2.24, 2.45) is 0 Å². The number of phenols is 1. The fourth-order valence-corrected chi connectivity index (χ4v) is 3.55. The summed E-state index contributed by atoms with van der Waals surface area (Å²) in [5.41, 5.74) is 3.02. The third kappa shape index (κ3) is 5.51. The average Bonchev–Trinajstić information content (AvgIpc) is 2.66. The van der Waals surface area contributed by atoms with Crippen LogP contribution in [-0.4, -0.2) is 23.3 Å². The van der Waals surface area contributed by atoms with Gasteiger partial charge in [-0.3, -0.25) is 0 Å². The molecule has 0 fully saturated rings. The van der Waals surface area contributed by atoms with Crippen LogP contribution >= 0.6 is 0 Å². The van der Waals surface area contributed by atoms with Gasteiger partial charge in [-0.1, -0.05) is 50.8 Å². The summed E-state index contributed by atoms with van der Waals surface area (Å²) >= 11 is 0. The number of aryl methyl sites for hydroxylation is 1. The van der Waals surface area contributed by atoms with E-state index in [4.69, 9.17) is 9.47 Å². The van der Waals surface area contributed by atoms with Crippen LogP contribution in [0.2, 0.25) is 0 Å². The maximum Gasteiger partial charge on any atom is 0.330 e. The summed E-state index contributed by atoms with van der Waals surface area (Å²) in [4.78, 5) is 11.5. The molecule has 2 aromatic rings. The van der Waals surface area contributed by atoms with Gasteiger partial charge in [0.25, 0.3) is 0 Å². The van der Waals surface area contributed by atoms with Crippen LogP contribution in [0.4, 0.5) is 0 Å². The van der Waals surface area contributed by atoms with Gasteiger partial charge in [-0.25, -0.2) is 4.79 Å². The molecule has 0 aliphatic heterocycles. The molecule has 30 heavy (non-hydrogen) atoms. The molecule has 2 aromatic carbocycles. The predicted molar refractivity (Wildman–Crippen MR) is 121 cm³/mol. The SMILES string of the molecule is C=CC(=O)OC(C)(C)COC(C)(C)c1ccc(C(C)(C)c2ccc(O)cc2)cc1C. The highest BCUT2D eigenvalue weighted by molar-refractivity contribution is 5.81. The number of benzene rings is 2. The third-order valence-electron chi connectivity index (χ3n) is 5.51. The standard InChI is InChI=1S/C26H34O4/c1-9-23(28)30-24(3,4)17-29-26(7,8)22-15-12-20(16-18(22)2)25(5,6)19-10-13-21(27)14-11-19/h9-16,27H,1,17H2,2-8H3. The highest BCUT2D eigenvalue weighted by Crippen LogP contribution is 2.36. The highest BCUT2D eigenvalue weighted by atomic mass is 16.6. The van der Waals surface area contributed by atoms with Gasteiger partial charge in [-0.2, -0.15) is 0 Å². The van der Waals surface area contributed by atoms with Crippen molar-refractivity contribution >= 4 is 5.97 Å². The third-order valence-corrected chi connectivity index (χ3v) is 5.51. The van der Waals surface area contributed by atoms with Crippen LogP contribution in [0.25, 0.3) is 0 Å². The Balaban J connectivity index is 2.23. The zero-order valence-corrected chi connectivity index (χ0v) is 19.2. The number of phenolic OH excluding ortho intramolecular Hbond substituents is 1.